The molecule has 0 saturated carbocycles. The summed E-state index contributed by atoms with van der Waals surface area (Å²) in [6, 6.07) is 16.7. The molecule has 0 fully saturated rings. The van der Waals surface area contributed by atoms with Crippen LogP contribution in [-0.4, -0.2) is 17.0 Å². The molecular weight excluding hydrogens is 402 g/mol. The lowest BCUT2D eigenvalue weighted by atomic mass is 10.0. The molecule has 8 nitrogen and oxygen atoms in total. The minimum absolute atomic E-state index is 0.0575. The zero-order valence-electron chi connectivity index (χ0n) is 16.1. The second-order valence-corrected chi connectivity index (χ2v) is 6.65. The van der Waals surface area contributed by atoms with Crippen molar-refractivity contribution in [3.05, 3.63) is 100 Å². The fourth-order valence-electron chi connectivity index (χ4n) is 3.08. The maximum atomic E-state index is 13.0. The van der Waals surface area contributed by atoms with E-state index in [2.05, 4.69) is 5.32 Å². The van der Waals surface area contributed by atoms with Crippen molar-refractivity contribution in [2.75, 3.05) is 0 Å². The molecule has 1 atom stereocenters. The van der Waals surface area contributed by atoms with Crippen molar-refractivity contribution in [2.24, 2.45) is 0 Å². The molecule has 0 saturated heterocycles. The molecule has 31 heavy (non-hydrogen) atoms. The summed E-state index contributed by atoms with van der Waals surface area (Å²) < 4.78 is 15.8. The maximum Gasteiger partial charge on any atom is 0.339 e. The molecule has 1 unspecified atom stereocenters. The highest BCUT2D eigenvalue weighted by Crippen LogP contribution is 2.29. The predicted octanol–water partition coefficient (Wildman–Crippen LogP) is 3.31. The van der Waals surface area contributed by atoms with Crippen molar-refractivity contribution in [1.29, 1.82) is 0 Å². The summed E-state index contributed by atoms with van der Waals surface area (Å²) in [7, 11) is 0. The third-order valence-electron chi connectivity index (χ3n) is 4.53. The van der Waals surface area contributed by atoms with Gasteiger partial charge in [-0.25, -0.2) is 9.59 Å². The van der Waals surface area contributed by atoms with Gasteiger partial charge in [-0.1, -0.05) is 18.2 Å². The minimum Gasteiger partial charge on any atom is -0.508 e. The molecule has 0 bridgehead atoms. The normalized spacial score (nSPS) is 11.7. The van der Waals surface area contributed by atoms with E-state index in [9.17, 15) is 19.5 Å². The van der Waals surface area contributed by atoms with Crippen molar-refractivity contribution in [2.45, 2.75) is 12.6 Å². The molecule has 0 aliphatic heterocycles. The van der Waals surface area contributed by atoms with Crippen LogP contribution in [0.15, 0.2) is 86.6 Å². The van der Waals surface area contributed by atoms with Crippen molar-refractivity contribution in [3.63, 3.8) is 0 Å². The number of benzene rings is 2. The number of carbonyl (C=O) groups is 2. The number of fused-ring (bicyclic) bond motifs is 1. The Morgan fingerprint density at radius 1 is 1.03 bits per heavy atom. The zero-order valence-corrected chi connectivity index (χ0v) is 16.1. The number of rotatable bonds is 6. The van der Waals surface area contributed by atoms with Gasteiger partial charge in [0.15, 0.2) is 0 Å². The van der Waals surface area contributed by atoms with Gasteiger partial charge in [-0.15, -0.1) is 0 Å². The Labute approximate surface area is 175 Å². The van der Waals surface area contributed by atoms with Crippen LogP contribution in [0, 0.1) is 0 Å². The highest BCUT2D eigenvalue weighted by molar-refractivity contribution is 5.95. The quantitative estimate of drug-likeness (QED) is 0.363. The van der Waals surface area contributed by atoms with Gasteiger partial charge in [-0.2, -0.15) is 0 Å². The van der Waals surface area contributed by atoms with E-state index in [1.165, 1.54) is 24.5 Å². The Morgan fingerprint density at radius 3 is 2.58 bits per heavy atom. The first-order chi connectivity index (χ1) is 15.0. The summed E-state index contributed by atoms with van der Waals surface area (Å²) in [5.41, 5.74) is -0.321. The van der Waals surface area contributed by atoms with Crippen LogP contribution in [0.3, 0.4) is 0 Å². The van der Waals surface area contributed by atoms with Crippen LogP contribution in [0.4, 0.5) is 0 Å². The van der Waals surface area contributed by atoms with Crippen molar-refractivity contribution in [1.82, 2.24) is 5.32 Å². The molecule has 0 aliphatic carbocycles. The van der Waals surface area contributed by atoms with E-state index >= 15 is 0 Å². The predicted molar refractivity (Wildman–Crippen MR) is 109 cm³/mol. The Bertz CT molecular complexity index is 1280. The number of phenols is 1. The molecule has 4 aromatic rings. The molecule has 4 rings (SSSR count). The molecule has 2 N–H and O–H groups in total. The molecule has 0 radical (unpaired) electrons. The Balaban J connectivity index is 1.73. The van der Waals surface area contributed by atoms with E-state index in [-0.39, 0.29) is 29.0 Å². The first-order valence-corrected chi connectivity index (χ1v) is 9.34. The number of amides is 1. The second kappa shape index (κ2) is 8.58. The topological polar surface area (TPSA) is 119 Å². The molecule has 2 heterocycles. The summed E-state index contributed by atoms with van der Waals surface area (Å²) >= 11 is 0. The van der Waals surface area contributed by atoms with Crippen LogP contribution in [-0.2, 0) is 16.1 Å². The van der Waals surface area contributed by atoms with E-state index in [0.717, 1.165) is 6.07 Å². The van der Waals surface area contributed by atoms with Crippen LogP contribution in [0.2, 0.25) is 0 Å². The number of hydrogen-bond donors (Lipinski definition) is 2. The summed E-state index contributed by atoms with van der Waals surface area (Å²) in [5.74, 6) is -1.00. The monoisotopic (exact) mass is 419 g/mol. The van der Waals surface area contributed by atoms with Crippen LogP contribution in [0.5, 0.6) is 5.75 Å². The number of hydrogen-bond acceptors (Lipinski definition) is 7. The maximum absolute atomic E-state index is 13.0. The lowest BCUT2D eigenvalue weighted by molar-refractivity contribution is -0.130. The second-order valence-electron chi connectivity index (χ2n) is 6.65. The van der Waals surface area contributed by atoms with Gasteiger partial charge in [0.05, 0.1) is 18.4 Å². The molecule has 2 aromatic carbocycles. The largest absolute Gasteiger partial charge is 0.508 e. The van der Waals surface area contributed by atoms with Gasteiger partial charge < -0.3 is 24.0 Å². The number of furan rings is 1. The smallest absolute Gasteiger partial charge is 0.339 e. The Kier molecular flexibility index (Phi) is 5.53. The SMILES string of the molecule is O=C(OC(C(=O)NCc1ccco1)c1cc(=O)oc2cc(O)ccc12)c1ccccc1. The zero-order chi connectivity index (χ0) is 21.8. The van der Waals surface area contributed by atoms with Crippen molar-refractivity contribution in [3.8, 4) is 5.75 Å². The molecule has 156 valence electrons. The number of nitrogens with one attached hydrogen (secondary N) is 1. The standard InChI is InChI=1S/C23H17NO7/c25-15-8-9-17-18(12-20(26)30-19(17)11-15)21(22(27)24-13-16-7-4-10-29-16)31-23(28)14-5-2-1-3-6-14/h1-12,21,25H,13H2,(H,24,27). The highest BCUT2D eigenvalue weighted by atomic mass is 16.5. The average molecular weight is 419 g/mol. The number of carbonyl (C=O) groups excluding carboxylic acids is 2. The first kappa shape index (κ1) is 20.0. The van der Waals surface area contributed by atoms with Crippen molar-refractivity contribution >= 4 is 22.8 Å². The van der Waals surface area contributed by atoms with Gasteiger partial charge >= 0.3 is 11.6 Å². The lowest BCUT2D eigenvalue weighted by Gasteiger charge is -2.19. The molecule has 0 aliphatic rings. The fourth-order valence-corrected chi connectivity index (χ4v) is 3.08. The molecular formula is C23H17NO7. The summed E-state index contributed by atoms with van der Waals surface area (Å²) in [6.07, 6.45) is 0.0235. The third-order valence-corrected chi connectivity index (χ3v) is 4.53. The van der Waals surface area contributed by atoms with E-state index < -0.39 is 23.6 Å². The number of phenolic OH excluding ortho intramolecular Hbond substituents is 1. The summed E-state index contributed by atoms with van der Waals surface area (Å²) in [4.78, 5) is 37.8. The Hall–Kier alpha value is -4.33. The Morgan fingerprint density at radius 2 is 1.84 bits per heavy atom. The van der Waals surface area contributed by atoms with Crippen LogP contribution >= 0.6 is 0 Å². The highest BCUT2D eigenvalue weighted by Gasteiger charge is 2.28. The van der Waals surface area contributed by atoms with E-state index in [4.69, 9.17) is 13.6 Å². The summed E-state index contributed by atoms with van der Waals surface area (Å²) in [6.45, 7) is 0.0609. The molecule has 0 spiro atoms. The first-order valence-electron chi connectivity index (χ1n) is 9.34. The molecule has 8 heteroatoms. The minimum atomic E-state index is -1.45. The molecule has 2 aromatic heterocycles. The fraction of sp³-hybridized carbons (Fsp3) is 0.0870. The van der Waals surface area contributed by atoms with Crippen LogP contribution < -0.4 is 10.9 Å². The van der Waals surface area contributed by atoms with Gasteiger partial charge in [-0.05, 0) is 36.4 Å². The molecule has 1 amide bonds. The number of aromatic hydroxyl groups is 1. The van der Waals surface area contributed by atoms with E-state index in [0.29, 0.717) is 11.1 Å². The van der Waals surface area contributed by atoms with Crippen molar-refractivity contribution < 1.29 is 28.3 Å². The lowest BCUT2D eigenvalue weighted by Crippen LogP contribution is -2.32. The van der Waals surface area contributed by atoms with Gasteiger partial charge in [0, 0.05) is 23.1 Å². The van der Waals surface area contributed by atoms with Gasteiger partial charge in [0.2, 0.25) is 6.10 Å². The van der Waals surface area contributed by atoms with Gasteiger partial charge in [0.1, 0.15) is 17.1 Å². The number of ether oxygens (including phenoxy) is 1. The average Bonchev–Trinajstić information content (AvgIpc) is 3.29. The number of esters is 1. The van der Waals surface area contributed by atoms with Gasteiger partial charge in [0.25, 0.3) is 5.91 Å². The van der Waals surface area contributed by atoms with E-state index in [1.807, 2.05) is 0 Å². The van der Waals surface area contributed by atoms with Crippen LogP contribution in [0.25, 0.3) is 11.0 Å². The third kappa shape index (κ3) is 4.48. The summed E-state index contributed by atoms with van der Waals surface area (Å²) in [5, 5.41) is 12.7. The van der Waals surface area contributed by atoms with Gasteiger partial charge in [-0.3, -0.25) is 4.79 Å². The van der Waals surface area contributed by atoms with Crippen LogP contribution in [0.1, 0.15) is 27.8 Å². The van der Waals surface area contributed by atoms with E-state index in [1.54, 1.807) is 42.5 Å².